The molecule has 98 valence electrons. The summed E-state index contributed by atoms with van der Waals surface area (Å²) in [5.74, 6) is 0. The van der Waals surface area contributed by atoms with Crippen molar-refractivity contribution in [2.75, 3.05) is 19.8 Å². The molecule has 0 unspecified atom stereocenters. The quantitative estimate of drug-likeness (QED) is 0.709. The number of hydrogen-bond donors (Lipinski definition) is 2. The van der Waals surface area contributed by atoms with Crippen molar-refractivity contribution in [1.29, 1.82) is 0 Å². The Morgan fingerprint density at radius 2 is 2.18 bits per heavy atom. The smallest absolute Gasteiger partial charge is 0.241 e. The van der Waals surface area contributed by atoms with Crippen LogP contribution in [0.1, 0.15) is 18.2 Å². The lowest BCUT2D eigenvalue weighted by Crippen LogP contribution is -2.25. The third kappa shape index (κ3) is 4.71. The molecule has 2 N–H and O–H groups in total. The average molecular weight is 280 g/mol. The van der Waals surface area contributed by atoms with Crippen LogP contribution in [-0.2, 0) is 16.6 Å². The van der Waals surface area contributed by atoms with Crippen LogP contribution in [0, 0.1) is 0 Å². The summed E-state index contributed by atoms with van der Waals surface area (Å²) in [4.78, 5) is 1.17. The van der Waals surface area contributed by atoms with Crippen molar-refractivity contribution in [2.24, 2.45) is 0 Å². The Kier molecular flexibility index (Phi) is 6.04. The summed E-state index contributed by atoms with van der Waals surface area (Å²) in [5, 5.41) is 4.77. The van der Waals surface area contributed by atoms with Crippen LogP contribution in [0.15, 0.2) is 16.3 Å². The van der Waals surface area contributed by atoms with E-state index in [1.807, 2.05) is 0 Å². The second-order valence-electron chi connectivity index (χ2n) is 3.51. The highest BCUT2D eigenvalue weighted by Gasteiger charge is 2.15. The summed E-state index contributed by atoms with van der Waals surface area (Å²) in [7, 11) is -3.54. The van der Waals surface area contributed by atoms with E-state index in [1.165, 1.54) is 11.3 Å². The lowest BCUT2D eigenvalue weighted by Gasteiger charge is -2.01. The van der Waals surface area contributed by atoms with Crippen LogP contribution < -0.4 is 10.0 Å². The van der Waals surface area contributed by atoms with E-state index in [2.05, 4.69) is 17.0 Å². The molecule has 17 heavy (non-hydrogen) atoms. The summed E-state index contributed by atoms with van der Waals surface area (Å²) >= 11 is 1.38. The summed E-state index contributed by atoms with van der Waals surface area (Å²) in [6.07, 6.45) is 1.04. The van der Waals surface area contributed by atoms with E-state index in [-0.39, 0.29) is 11.4 Å². The molecule has 1 aromatic rings. The van der Waals surface area contributed by atoms with Crippen molar-refractivity contribution < 1.29 is 12.8 Å². The zero-order chi connectivity index (χ0) is 12.7. The van der Waals surface area contributed by atoms with E-state index < -0.39 is 16.7 Å². The predicted molar refractivity (Wildman–Crippen MR) is 67.5 cm³/mol. The maximum absolute atomic E-state index is 11.9. The third-order valence-electron chi connectivity index (χ3n) is 2.05. The van der Waals surface area contributed by atoms with Crippen LogP contribution in [0.4, 0.5) is 4.39 Å². The van der Waals surface area contributed by atoms with Gasteiger partial charge in [-0.15, -0.1) is 11.3 Å². The van der Waals surface area contributed by atoms with Crippen molar-refractivity contribution >= 4 is 21.4 Å². The van der Waals surface area contributed by atoms with Crippen LogP contribution in [0.2, 0.25) is 0 Å². The van der Waals surface area contributed by atoms with Gasteiger partial charge in [0.2, 0.25) is 10.0 Å². The fraction of sp³-hybridized carbons (Fsp3) is 0.600. The molecule has 0 radical (unpaired) electrons. The summed E-state index contributed by atoms with van der Waals surface area (Å²) < 4.78 is 37.4. The summed E-state index contributed by atoms with van der Waals surface area (Å²) in [6.45, 7) is 2.76. The molecule has 1 heterocycles. The number of halogens is 1. The second kappa shape index (κ2) is 7.05. The van der Waals surface area contributed by atoms with Crippen molar-refractivity contribution in [1.82, 2.24) is 10.0 Å². The van der Waals surface area contributed by atoms with Gasteiger partial charge in [-0.3, -0.25) is 0 Å². The van der Waals surface area contributed by atoms with E-state index in [0.717, 1.165) is 17.8 Å². The van der Waals surface area contributed by atoms with E-state index in [0.29, 0.717) is 6.54 Å². The lowest BCUT2D eigenvalue weighted by atomic mass is 10.4. The highest BCUT2D eigenvalue weighted by molar-refractivity contribution is 7.89. The van der Waals surface area contributed by atoms with Gasteiger partial charge < -0.3 is 5.32 Å². The highest BCUT2D eigenvalue weighted by atomic mass is 32.2. The fourth-order valence-electron chi connectivity index (χ4n) is 1.24. The summed E-state index contributed by atoms with van der Waals surface area (Å²) in [6, 6.07) is 1.62. The minimum Gasteiger partial charge on any atom is -0.312 e. The summed E-state index contributed by atoms with van der Waals surface area (Å²) in [5.41, 5.74) is 0. The van der Waals surface area contributed by atoms with Crippen LogP contribution in [0.25, 0.3) is 0 Å². The number of thiophene rings is 1. The Balaban J connectivity index is 2.60. The molecule has 0 saturated carbocycles. The monoisotopic (exact) mass is 280 g/mol. The average Bonchev–Trinajstić information content (AvgIpc) is 2.76. The SMILES string of the molecule is CCCNCc1cc(S(=O)(=O)NCCF)cs1. The minimum absolute atomic E-state index is 0.179. The van der Waals surface area contributed by atoms with Crippen molar-refractivity contribution in [3.63, 3.8) is 0 Å². The van der Waals surface area contributed by atoms with Gasteiger partial charge in [-0.2, -0.15) is 0 Å². The predicted octanol–water partition coefficient (Wildman–Crippen LogP) is 1.50. The van der Waals surface area contributed by atoms with Gasteiger partial charge in [0.1, 0.15) is 6.67 Å². The largest absolute Gasteiger partial charge is 0.312 e. The number of hydrogen-bond acceptors (Lipinski definition) is 4. The first-order valence-corrected chi connectivity index (χ1v) is 7.80. The zero-order valence-corrected chi connectivity index (χ0v) is 11.3. The topological polar surface area (TPSA) is 58.2 Å². The molecule has 0 bridgehead atoms. The minimum atomic E-state index is -3.54. The zero-order valence-electron chi connectivity index (χ0n) is 9.70. The van der Waals surface area contributed by atoms with E-state index >= 15 is 0 Å². The van der Waals surface area contributed by atoms with E-state index in [9.17, 15) is 12.8 Å². The first-order valence-electron chi connectivity index (χ1n) is 5.44. The molecule has 7 heteroatoms. The molecule has 0 spiro atoms. The van der Waals surface area contributed by atoms with E-state index in [4.69, 9.17) is 0 Å². The molecule has 0 aliphatic carbocycles. The molecule has 0 saturated heterocycles. The maximum Gasteiger partial charge on any atom is 0.241 e. The molecular formula is C10H17FN2O2S2. The second-order valence-corrected chi connectivity index (χ2v) is 6.27. The van der Waals surface area contributed by atoms with Crippen LogP contribution >= 0.6 is 11.3 Å². The van der Waals surface area contributed by atoms with Gasteiger partial charge in [0.05, 0.1) is 4.90 Å². The molecule has 1 aromatic heterocycles. The first-order chi connectivity index (χ1) is 8.10. The molecular weight excluding hydrogens is 263 g/mol. The first kappa shape index (κ1) is 14.6. The van der Waals surface area contributed by atoms with Crippen molar-refractivity contribution in [2.45, 2.75) is 24.8 Å². The highest BCUT2D eigenvalue weighted by Crippen LogP contribution is 2.18. The Morgan fingerprint density at radius 1 is 1.41 bits per heavy atom. The number of rotatable bonds is 8. The van der Waals surface area contributed by atoms with E-state index in [1.54, 1.807) is 11.4 Å². The number of sulfonamides is 1. The molecule has 0 atom stereocenters. The van der Waals surface area contributed by atoms with Gasteiger partial charge in [-0.25, -0.2) is 17.5 Å². The molecule has 0 amide bonds. The van der Waals surface area contributed by atoms with Gasteiger partial charge >= 0.3 is 0 Å². The molecule has 4 nitrogen and oxygen atoms in total. The third-order valence-corrected chi connectivity index (χ3v) is 4.58. The van der Waals surface area contributed by atoms with Crippen LogP contribution in [0.3, 0.4) is 0 Å². The molecule has 0 aliphatic heterocycles. The Bertz CT molecular complexity index is 431. The molecule has 1 rings (SSSR count). The van der Waals surface area contributed by atoms with Crippen molar-refractivity contribution in [3.05, 3.63) is 16.3 Å². The van der Waals surface area contributed by atoms with Gasteiger partial charge in [0.15, 0.2) is 0 Å². The van der Waals surface area contributed by atoms with Crippen LogP contribution in [0.5, 0.6) is 0 Å². The molecule has 0 aromatic carbocycles. The standard InChI is InChI=1S/C10H17FN2O2S2/c1-2-4-12-7-9-6-10(8-16-9)17(14,15)13-5-3-11/h6,8,12-13H,2-5,7H2,1H3. The van der Waals surface area contributed by atoms with Gasteiger partial charge in [-0.05, 0) is 19.0 Å². The fourth-order valence-corrected chi connectivity index (χ4v) is 3.49. The normalized spacial score (nSPS) is 11.9. The number of nitrogens with one attached hydrogen (secondary N) is 2. The van der Waals surface area contributed by atoms with Gasteiger partial charge in [0.25, 0.3) is 0 Å². The Labute approximate surface area is 105 Å². The molecule has 0 fully saturated rings. The van der Waals surface area contributed by atoms with Crippen LogP contribution in [-0.4, -0.2) is 28.2 Å². The van der Waals surface area contributed by atoms with Crippen molar-refractivity contribution in [3.8, 4) is 0 Å². The maximum atomic E-state index is 11.9. The Hall–Kier alpha value is -0.500. The van der Waals surface area contributed by atoms with Gasteiger partial charge in [0, 0.05) is 23.3 Å². The Morgan fingerprint density at radius 3 is 2.82 bits per heavy atom. The molecule has 0 aliphatic rings. The lowest BCUT2D eigenvalue weighted by molar-refractivity contribution is 0.486. The number of alkyl halides is 1. The van der Waals surface area contributed by atoms with Gasteiger partial charge in [-0.1, -0.05) is 6.92 Å².